The first-order valence-corrected chi connectivity index (χ1v) is 6.31. The molecule has 4 nitrogen and oxygen atoms in total. The van der Waals surface area contributed by atoms with E-state index >= 15 is 0 Å². The SMILES string of the molecule is CNC(=O)C(Cl)c1cc(Br)c2c(c1)OCCO2. The highest BCUT2D eigenvalue weighted by Crippen LogP contribution is 2.40. The number of fused-ring (bicyclic) bond motifs is 1. The Hall–Kier alpha value is -0.940. The van der Waals surface area contributed by atoms with Crippen LogP contribution >= 0.6 is 27.5 Å². The van der Waals surface area contributed by atoms with Crippen LogP contribution < -0.4 is 14.8 Å². The third kappa shape index (κ3) is 2.50. The number of amides is 1. The van der Waals surface area contributed by atoms with Crippen LogP contribution in [-0.4, -0.2) is 26.2 Å². The molecule has 1 unspecified atom stereocenters. The number of likely N-dealkylation sites (N-methyl/N-ethyl adjacent to an activating group) is 1. The van der Waals surface area contributed by atoms with Gasteiger partial charge in [-0.05, 0) is 33.6 Å². The van der Waals surface area contributed by atoms with Crippen molar-refractivity contribution in [3.8, 4) is 11.5 Å². The predicted octanol–water partition coefficient (Wildman–Crippen LogP) is 2.25. The second-order valence-corrected chi connectivity index (χ2v) is 4.79. The molecule has 1 N–H and O–H groups in total. The lowest BCUT2D eigenvalue weighted by Crippen LogP contribution is -2.23. The molecule has 0 aromatic heterocycles. The summed E-state index contributed by atoms with van der Waals surface area (Å²) in [6, 6.07) is 3.49. The minimum Gasteiger partial charge on any atom is -0.486 e. The van der Waals surface area contributed by atoms with Gasteiger partial charge < -0.3 is 14.8 Å². The predicted molar refractivity (Wildman–Crippen MR) is 67.8 cm³/mol. The lowest BCUT2D eigenvalue weighted by molar-refractivity contribution is -0.120. The second kappa shape index (κ2) is 5.14. The van der Waals surface area contributed by atoms with Crippen molar-refractivity contribution in [1.29, 1.82) is 0 Å². The lowest BCUT2D eigenvalue weighted by atomic mass is 10.1. The van der Waals surface area contributed by atoms with Crippen molar-refractivity contribution in [2.75, 3.05) is 20.3 Å². The van der Waals surface area contributed by atoms with Crippen LogP contribution in [0.2, 0.25) is 0 Å². The zero-order chi connectivity index (χ0) is 12.4. The van der Waals surface area contributed by atoms with E-state index in [1.165, 1.54) is 0 Å². The number of ether oxygens (including phenoxy) is 2. The highest BCUT2D eigenvalue weighted by molar-refractivity contribution is 9.10. The van der Waals surface area contributed by atoms with Gasteiger partial charge in [-0.25, -0.2) is 0 Å². The molecule has 1 heterocycles. The number of alkyl halides is 1. The van der Waals surface area contributed by atoms with Crippen molar-refractivity contribution in [3.63, 3.8) is 0 Å². The molecule has 92 valence electrons. The van der Waals surface area contributed by atoms with Gasteiger partial charge in [-0.2, -0.15) is 0 Å². The van der Waals surface area contributed by atoms with E-state index in [9.17, 15) is 4.79 Å². The number of halogens is 2. The Labute approximate surface area is 112 Å². The second-order valence-electron chi connectivity index (χ2n) is 3.50. The van der Waals surface area contributed by atoms with Gasteiger partial charge in [0.25, 0.3) is 0 Å². The van der Waals surface area contributed by atoms with Gasteiger partial charge in [0.1, 0.15) is 18.6 Å². The maximum absolute atomic E-state index is 11.5. The zero-order valence-electron chi connectivity index (χ0n) is 9.13. The van der Waals surface area contributed by atoms with Crippen LogP contribution in [0, 0.1) is 0 Å². The molecule has 1 atom stereocenters. The maximum Gasteiger partial charge on any atom is 0.242 e. The van der Waals surface area contributed by atoms with E-state index in [2.05, 4.69) is 21.2 Å². The van der Waals surface area contributed by atoms with Crippen LogP contribution in [0.5, 0.6) is 11.5 Å². The molecule has 0 bridgehead atoms. The highest BCUT2D eigenvalue weighted by atomic mass is 79.9. The molecule has 0 aliphatic carbocycles. The summed E-state index contributed by atoms with van der Waals surface area (Å²) in [4.78, 5) is 11.5. The molecule has 1 aromatic rings. The Balaban J connectivity index is 2.37. The summed E-state index contributed by atoms with van der Waals surface area (Å²) in [6.45, 7) is 1.01. The summed E-state index contributed by atoms with van der Waals surface area (Å²) in [5.41, 5.74) is 0.669. The molecular formula is C11H11BrClNO3. The Morgan fingerprint density at radius 3 is 2.88 bits per heavy atom. The molecule has 2 rings (SSSR count). The number of carbonyl (C=O) groups is 1. The Bertz CT molecular complexity index is 453. The van der Waals surface area contributed by atoms with E-state index in [0.717, 1.165) is 4.47 Å². The largest absolute Gasteiger partial charge is 0.486 e. The van der Waals surface area contributed by atoms with Crippen molar-refractivity contribution in [2.24, 2.45) is 0 Å². The Morgan fingerprint density at radius 2 is 2.18 bits per heavy atom. The summed E-state index contributed by atoms with van der Waals surface area (Å²) in [7, 11) is 1.55. The third-order valence-corrected chi connectivity index (χ3v) is 3.43. The fourth-order valence-corrected chi connectivity index (χ4v) is 2.36. The number of carbonyl (C=O) groups excluding carboxylic acids is 1. The Morgan fingerprint density at radius 1 is 1.47 bits per heavy atom. The molecule has 0 radical (unpaired) electrons. The number of rotatable bonds is 2. The number of hydrogen-bond donors (Lipinski definition) is 1. The molecular weight excluding hydrogens is 309 g/mol. The average Bonchev–Trinajstić information content (AvgIpc) is 2.37. The molecule has 0 saturated carbocycles. The van der Waals surface area contributed by atoms with E-state index in [-0.39, 0.29) is 5.91 Å². The van der Waals surface area contributed by atoms with Crippen molar-refractivity contribution in [3.05, 3.63) is 22.2 Å². The van der Waals surface area contributed by atoms with E-state index in [0.29, 0.717) is 30.3 Å². The maximum atomic E-state index is 11.5. The number of benzene rings is 1. The summed E-state index contributed by atoms with van der Waals surface area (Å²) in [6.07, 6.45) is 0. The van der Waals surface area contributed by atoms with Gasteiger partial charge in [-0.15, -0.1) is 11.6 Å². The fourth-order valence-electron chi connectivity index (χ4n) is 1.56. The minimum absolute atomic E-state index is 0.254. The number of nitrogens with one attached hydrogen (secondary N) is 1. The van der Waals surface area contributed by atoms with Gasteiger partial charge in [-0.1, -0.05) is 0 Å². The lowest BCUT2D eigenvalue weighted by Gasteiger charge is -2.21. The molecule has 1 aromatic carbocycles. The van der Waals surface area contributed by atoms with Crippen LogP contribution in [0.15, 0.2) is 16.6 Å². The summed E-state index contributed by atoms with van der Waals surface area (Å²) in [5, 5.41) is 1.76. The molecule has 1 amide bonds. The number of hydrogen-bond acceptors (Lipinski definition) is 3. The smallest absolute Gasteiger partial charge is 0.242 e. The minimum atomic E-state index is -0.743. The normalized spacial score (nSPS) is 15.2. The molecule has 0 fully saturated rings. The van der Waals surface area contributed by atoms with E-state index in [1.54, 1.807) is 19.2 Å². The van der Waals surface area contributed by atoms with Gasteiger partial charge in [0.2, 0.25) is 5.91 Å². The first-order chi connectivity index (χ1) is 8.13. The monoisotopic (exact) mass is 319 g/mol. The quantitative estimate of drug-likeness (QED) is 0.850. The summed E-state index contributed by atoms with van der Waals surface area (Å²) in [5.74, 6) is 1.01. The van der Waals surface area contributed by atoms with Crippen LogP contribution in [0.3, 0.4) is 0 Å². The standard InChI is InChI=1S/C11H11BrClNO3/c1-14-11(15)9(13)6-4-7(12)10-8(5-6)16-2-3-17-10/h4-5,9H,2-3H2,1H3,(H,14,15). The van der Waals surface area contributed by atoms with Gasteiger partial charge in [0.15, 0.2) is 11.5 Å². The van der Waals surface area contributed by atoms with E-state index in [4.69, 9.17) is 21.1 Å². The molecule has 0 saturated heterocycles. The molecule has 1 aliphatic rings. The van der Waals surface area contributed by atoms with Crippen LogP contribution in [-0.2, 0) is 4.79 Å². The zero-order valence-corrected chi connectivity index (χ0v) is 11.5. The topological polar surface area (TPSA) is 47.6 Å². The molecule has 0 spiro atoms. The molecule has 6 heteroatoms. The fraction of sp³-hybridized carbons (Fsp3) is 0.364. The molecule has 17 heavy (non-hydrogen) atoms. The van der Waals surface area contributed by atoms with Crippen molar-refractivity contribution in [1.82, 2.24) is 5.32 Å². The first kappa shape index (κ1) is 12.5. The first-order valence-electron chi connectivity index (χ1n) is 5.08. The average molecular weight is 321 g/mol. The van der Waals surface area contributed by atoms with Gasteiger partial charge in [-0.3, -0.25) is 4.79 Å². The Kier molecular flexibility index (Phi) is 3.79. The third-order valence-electron chi connectivity index (χ3n) is 2.39. The summed E-state index contributed by atoms with van der Waals surface area (Å²) < 4.78 is 11.7. The van der Waals surface area contributed by atoms with E-state index in [1.807, 2.05) is 0 Å². The highest BCUT2D eigenvalue weighted by Gasteiger charge is 2.22. The van der Waals surface area contributed by atoms with Crippen LogP contribution in [0.1, 0.15) is 10.9 Å². The van der Waals surface area contributed by atoms with Gasteiger partial charge in [0, 0.05) is 7.05 Å². The van der Waals surface area contributed by atoms with E-state index < -0.39 is 5.38 Å². The van der Waals surface area contributed by atoms with Crippen molar-refractivity contribution >= 4 is 33.4 Å². The van der Waals surface area contributed by atoms with Crippen LogP contribution in [0.4, 0.5) is 0 Å². The summed E-state index contributed by atoms with van der Waals surface area (Å²) >= 11 is 9.42. The van der Waals surface area contributed by atoms with Gasteiger partial charge >= 0.3 is 0 Å². The van der Waals surface area contributed by atoms with Crippen LogP contribution in [0.25, 0.3) is 0 Å². The van der Waals surface area contributed by atoms with Crippen molar-refractivity contribution < 1.29 is 14.3 Å². The van der Waals surface area contributed by atoms with Gasteiger partial charge in [0.05, 0.1) is 4.47 Å². The van der Waals surface area contributed by atoms with Crippen molar-refractivity contribution in [2.45, 2.75) is 5.38 Å². The molecule has 1 aliphatic heterocycles.